The summed E-state index contributed by atoms with van der Waals surface area (Å²) in [5.41, 5.74) is 8.98. The standard InChI is InChI=1S/C29H21Br2N3/c1-34(28-22-12-2-4-14-24(22)32-26(28)18-8-6-10-20(30)16-18)29-23-13-3-5-15-25(23)33-27(29)19-9-7-11-21(31)17-19/h2-17,32-33H,1H3. The highest BCUT2D eigenvalue weighted by Gasteiger charge is 2.23. The zero-order valence-corrected chi connectivity index (χ0v) is 21.6. The Morgan fingerprint density at radius 1 is 0.559 bits per heavy atom. The molecule has 0 unspecified atom stereocenters. The molecule has 0 radical (unpaired) electrons. The Morgan fingerprint density at radius 3 is 1.44 bits per heavy atom. The van der Waals surface area contributed by atoms with Crippen LogP contribution in [0.2, 0.25) is 0 Å². The Bertz CT molecular complexity index is 1540. The minimum Gasteiger partial charge on any atom is -0.353 e. The Hall–Kier alpha value is -3.28. The van der Waals surface area contributed by atoms with Crippen molar-refractivity contribution in [1.82, 2.24) is 9.97 Å². The number of nitrogens with one attached hydrogen (secondary N) is 2. The fourth-order valence-electron chi connectivity index (χ4n) is 4.77. The number of H-pyrrole nitrogens is 2. The number of aromatic amines is 2. The number of fused-ring (bicyclic) bond motifs is 2. The zero-order chi connectivity index (χ0) is 23.2. The normalized spacial score (nSPS) is 11.4. The second-order valence-corrected chi connectivity index (χ2v) is 10.2. The van der Waals surface area contributed by atoms with Crippen LogP contribution in [0.3, 0.4) is 0 Å². The highest BCUT2D eigenvalue weighted by molar-refractivity contribution is 9.10. The summed E-state index contributed by atoms with van der Waals surface area (Å²) in [5.74, 6) is 0. The summed E-state index contributed by atoms with van der Waals surface area (Å²) in [6, 6.07) is 33.9. The van der Waals surface area contributed by atoms with Crippen molar-refractivity contribution >= 4 is 65.0 Å². The summed E-state index contributed by atoms with van der Waals surface area (Å²) < 4.78 is 2.11. The molecule has 5 heteroatoms. The summed E-state index contributed by atoms with van der Waals surface area (Å²) in [6.45, 7) is 0. The lowest BCUT2D eigenvalue weighted by atomic mass is 10.1. The van der Waals surface area contributed by atoms with E-state index < -0.39 is 0 Å². The van der Waals surface area contributed by atoms with Gasteiger partial charge in [0.2, 0.25) is 0 Å². The molecule has 0 saturated heterocycles. The monoisotopic (exact) mass is 569 g/mol. The molecule has 0 bridgehead atoms. The van der Waals surface area contributed by atoms with Gasteiger partial charge in [-0.05, 0) is 36.4 Å². The molecule has 6 rings (SSSR count). The Kier molecular flexibility index (Phi) is 5.31. The van der Waals surface area contributed by atoms with Gasteiger partial charge in [0.25, 0.3) is 0 Å². The van der Waals surface area contributed by atoms with E-state index in [0.29, 0.717) is 0 Å². The van der Waals surface area contributed by atoms with Gasteiger partial charge in [-0.2, -0.15) is 0 Å². The molecule has 0 aliphatic rings. The number of halogens is 2. The van der Waals surface area contributed by atoms with Crippen LogP contribution in [-0.4, -0.2) is 17.0 Å². The number of hydrogen-bond donors (Lipinski definition) is 2. The second-order valence-electron chi connectivity index (χ2n) is 8.37. The quantitative estimate of drug-likeness (QED) is 0.217. The number of para-hydroxylation sites is 2. The van der Waals surface area contributed by atoms with Crippen molar-refractivity contribution < 1.29 is 0 Å². The Balaban J connectivity index is 1.65. The van der Waals surface area contributed by atoms with Crippen molar-refractivity contribution in [3.05, 3.63) is 106 Å². The maximum Gasteiger partial charge on any atom is 0.0748 e. The number of nitrogens with zero attached hydrogens (tertiary/aromatic N) is 1. The highest BCUT2D eigenvalue weighted by atomic mass is 79.9. The molecule has 2 heterocycles. The van der Waals surface area contributed by atoms with Crippen molar-refractivity contribution in [1.29, 1.82) is 0 Å². The van der Waals surface area contributed by atoms with E-state index >= 15 is 0 Å². The Morgan fingerprint density at radius 2 is 1.00 bits per heavy atom. The first-order chi connectivity index (χ1) is 16.6. The Labute approximate surface area is 214 Å². The van der Waals surface area contributed by atoms with Gasteiger partial charge < -0.3 is 14.9 Å². The van der Waals surface area contributed by atoms with Crippen LogP contribution in [0.25, 0.3) is 44.3 Å². The van der Waals surface area contributed by atoms with Gasteiger partial charge in [-0.1, -0.05) is 92.5 Å². The average molecular weight is 571 g/mol. The molecular weight excluding hydrogens is 550 g/mol. The molecule has 0 aliphatic carbocycles. The highest BCUT2D eigenvalue weighted by Crippen LogP contribution is 2.46. The summed E-state index contributed by atoms with van der Waals surface area (Å²) in [4.78, 5) is 9.70. The molecular formula is C29H21Br2N3. The van der Waals surface area contributed by atoms with Crippen LogP contribution in [0.15, 0.2) is 106 Å². The van der Waals surface area contributed by atoms with E-state index in [1.807, 2.05) is 0 Å². The molecule has 2 aromatic heterocycles. The molecule has 0 saturated carbocycles. The largest absolute Gasteiger partial charge is 0.353 e. The van der Waals surface area contributed by atoms with Crippen LogP contribution >= 0.6 is 31.9 Å². The fraction of sp³-hybridized carbons (Fsp3) is 0.0345. The van der Waals surface area contributed by atoms with Crippen LogP contribution < -0.4 is 4.90 Å². The second kappa shape index (κ2) is 8.49. The van der Waals surface area contributed by atoms with Crippen molar-refractivity contribution in [3.8, 4) is 22.5 Å². The number of hydrogen-bond acceptors (Lipinski definition) is 1. The molecule has 166 valence electrons. The molecule has 0 atom stereocenters. The molecule has 4 aromatic carbocycles. The summed E-state index contributed by atoms with van der Waals surface area (Å²) in [7, 11) is 2.16. The van der Waals surface area contributed by atoms with Crippen LogP contribution in [0.5, 0.6) is 0 Å². The van der Waals surface area contributed by atoms with Crippen molar-refractivity contribution in [3.63, 3.8) is 0 Å². The van der Waals surface area contributed by atoms with E-state index in [0.717, 1.165) is 53.9 Å². The van der Waals surface area contributed by atoms with Gasteiger partial charge in [-0.15, -0.1) is 0 Å². The number of anilines is 2. The van der Waals surface area contributed by atoms with E-state index in [1.165, 1.54) is 10.8 Å². The molecule has 0 spiro atoms. The van der Waals surface area contributed by atoms with Gasteiger partial charge in [0.05, 0.1) is 22.8 Å². The maximum absolute atomic E-state index is 3.69. The third kappa shape index (κ3) is 3.56. The van der Waals surface area contributed by atoms with Gasteiger partial charge >= 0.3 is 0 Å². The SMILES string of the molecule is CN(c1c(-c2cccc(Br)c2)[nH]c2ccccc12)c1c(-c2cccc(Br)c2)[nH]c2ccccc12. The van der Waals surface area contributed by atoms with Crippen LogP contribution in [0.1, 0.15) is 0 Å². The average Bonchev–Trinajstić information content (AvgIpc) is 3.43. The first kappa shape index (κ1) is 21.3. The smallest absolute Gasteiger partial charge is 0.0748 e. The maximum atomic E-state index is 3.69. The minimum atomic E-state index is 1.05. The molecule has 6 aromatic rings. The van der Waals surface area contributed by atoms with Gasteiger partial charge in [0.1, 0.15) is 0 Å². The number of benzene rings is 4. The van der Waals surface area contributed by atoms with E-state index in [9.17, 15) is 0 Å². The predicted octanol–water partition coefficient (Wildman–Crippen LogP) is 9.28. The minimum absolute atomic E-state index is 1.05. The van der Waals surface area contributed by atoms with Crippen LogP contribution in [0, 0.1) is 0 Å². The van der Waals surface area contributed by atoms with Crippen molar-refractivity contribution in [2.75, 3.05) is 11.9 Å². The molecule has 0 fully saturated rings. The molecule has 0 amide bonds. The van der Waals surface area contributed by atoms with Crippen molar-refractivity contribution in [2.45, 2.75) is 0 Å². The van der Waals surface area contributed by atoms with E-state index in [4.69, 9.17) is 0 Å². The van der Waals surface area contributed by atoms with E-state index in [-0.39, 0.29) is 0 Å². The van der Waals surface area contributed by atoms with Gasteiger partial charge in [-0.3, -0.25) is 0 Å². The van der Waals surface area contributed by atoms with Crippen molar-refractivity contribution in [2.24, 2.45) is 0 Å². The van der Waals surface area contributed by atoms with Crippen LogP contribution in [0.4, 0.5) is 11.4 Å². The number of aromatic nitrogens is 2. The first-order valence-corrected chi connectivity index (χ1v) is 12.7. The van der Waals surface area contributed by atoms with E-state index in [1.54, 1.807) is 0 Å². The third-order valence-electron chi connectivity index (χ3n) is 6.25. The lowest BCUT2D eigenvalue weighted by Gasteiger charge is -2.22. The lowest BCUT2D eigenvalue weighted by Crippen LogP contribution is -2.11. The molecule has 2 N–H and O–H groups in total. The number of rotatable bonds is 4. The van der Waals surface area contributed by atoms with Gasteiger partial charge in [0.15, 0.2) is 0 Å². The summed E-state index contributed by atoms with van der Waals surface area (Å²) in [6.07, 6.45) is 0. The van der Waals surface area contributed by atoms with Gasteiger partial charge in [-0.25, -0.2) is 0 Å². The van der Waals surface area contributed by atoms with Gasteiger partial charge in [0, 0.05) is 48.9 Å². The first-order valence-electron chi connectivity index (χ1n) is 11.1. The van der Waals surface area contributed by atoms with Crippen LogP contribution in [-0.2, 0) is 0 Å². The molecule has 3 nitrogen and oxygen atoms in total. The summed E-state index contributed by atoms with van der Waals surface area (Å²) >= 11 is 7.30. The topological polar surface area (TPSA) is 34.8 Å². The third-order valence-corrected chi connectivity index (χ3v) is 7.24. The summed E-state index contributed by atoms with van der Waals surface area (Å²) in [5, 5.41) is 2.37. The molecule has 0 aliphatic heterocycles. The molecule has 34 heavy (non-hydrogen) atoms. The zero-order valence-electron chi connectivity index (χ0n) is 18.4. The fourth-order valence-corrected chi connectivity index (χ4v) is 5.57. The lowest BCUT2D eigenvalue weighted by molar-refractivity contribution is 1.23. The van der Waals surface area contributed by atoms with E-state index in [2.05, 4.69) is 151 Å². The predicted molar refractivity (Wildman–Crippen MR) is 151 cm³/mol.